The zero-order valence-corrected chi connectivity index (χ0v) is 21.2. The molecule has 2 atom stereocenters. The summed E-state index contributed by atoms with van der Waals surface area (Å²) < 4.78 is 0. The molecule has 0 spiro atoms. The number of anilines is 5. The van der Waals surface area contributed by atoms with Crippen LogP contribution in [0.15, 0.2) is 103 Å². The van der Waals surface area contributed by atoms with Gasteiger partial charge in [0, 0.05) is 38.9 Å². The number of benzene rings is 4. The molecule has 1 heterocycles. The van der Waals surface area contributed by atoms with Gasteiger partial charge in [-0.15, -0.1) is 0 Å². The SMILES string of the molecule is CC12CCCCC1(C)N(c1cc(Cl)cc(N(c3ccccc3)c3ccccc3)c1)c1ccccc12. The molecule has 4 aromatic carbocycles. The van der Waals surface area contributed by atoms with E-state index in [0.29, 0.717) is 0 Å². The van der Waals surface area contributed by atoms with Gasteiger partial charge in [-0.1, -0.05) is 86.0 Å². The maximum absolute atomic E-state index is 6.88. The maximum atomic E-state index is 6.88. The van der Waals surface area contributed by atoms with Crippen molar-refractivity contribution in [2.24, 2.45) is 0 Å². The predicted octanol–water partition coefficient (Wildman–Crippen LogP) is 9.55. The van der Waals surface area contributed by atoms with Gasteiger partial charge in [0.05, 0.1) is 5.54 Å². The third-order valence-electron chi connectivity index (χ3n) is 8.42. The Bertz CT molecular complexity index is 1310. The Morgan fingerprint density at radius 1 is 0.686 bits per heavy atom. The fraction of sp³-hybridized carbons (Fsp3) is 0.250. The lowest BCUT2D eigenvalue weighted by Crippen LogP contribution is -2.54. The number of fused-ring (bicyclic) bond motifs is 3. The first-order chi connectivity index (χ1) is 17.0. The Balaban J connectivity index is 1.54. The third kappa shape index (κ3) is 3.46. The van der Waals surface area contributed by atoms with Crippen molar-refractivity contribution in [1.82, 2.24) is 0 Å². The molecule has 0 saturated heterocycles. The van der Waals surface area contributed by atoms with Crippen LogP contribution < -0.4 is 9.80 Å². The predicted molar refractivity (Wildman–Crippen MR) is 149 cm³/mol. The van der Waals surface area contributed by atoms with Gasteiger partial charge in [-0.25, -0.2) is 0 Å². The minimum Gasteiger partial charge on any atom is -0.334 e. The minimum atomic E-state index is 0.00120. The molecule has 1 saturated carbocycles. The average molecular weight is 479 g/mol. The first-order valence-electron chi connectivity index (χ1n) is 12.6. The molecule has 2 aliphatic rings. The number of halogens is 1. The van der Waals surface area contributed by atoms with E-state index in [1.54, 1.807) is 0 Å². The Morgan fingerprint density at radius 2 is 1.29 bits per heavy atom. The van der Waals surface area contributed by atoms with Crippen molar-refractivity contribution >= 4 is 40.0 Å². The van der Waals surface area contributed by atoms with E-state index in [4.69, 9.17) is 11.6 Å². The van der Waals surface area contributed by atoms with Crippen LogP contribution in [0, 0.1) is 0 Å². The van der Waals surface area contributed by atoms with Crippen LogP contribution in [0.3, 0.4) is 0 Å². The Morgan fingerprint density at radius 3 is 1.97 bits per heavy atom. The van der Waals surface area contributed by atoms with Crippen molar-refractivity contribution in [3.05, 3.63) is 114 Å². The van der Waals surface area contributed by atoms with Crippen molar-refractivity contribution in [3.63, 3.8) is 0 Å². The Kier molecular flexibility index (Phi) is 5.38. The number of hydrogen-bond donors (Lipinski definition) is 0. The van der Waals surface area contributed by atoms with Gasteiger partial charge in [-0.2, -0.15) is 0 Å². The van der Waals surface area contributed by atoms with E-state index in [1.807, 2.05) is 0 Å². The molecule has 2 unspecified atom stereocenters. The van der Waals surface area contributed by atoms with E-state index in [0.717, 1.165) is 27.8 Å². The number of para-hydroxylation sites is 3. The Labute approximate surface area is 213 Å². The summed E-state index contributed by atoms with van der Waals surface area (Å²) in [4.78, 5) is 4.88. The summed E-state index contributed by atoms with van der Waals surface area (Å²) in [7, 11) is 0. The molecule has 176 valence electrons. The first-order valence-corrected chi connectivity index (χ1v) is 13.0. The average Bonchev–Trinajstić information content (AvgIpc) is 3.09. The van der Waals surface area contributed by atoms with Gasteiger partial charge in [0.2, 0.25) is 0 Å². The zero-order chi connectivity index (χ0) is 24.0. The molecule has 0 N–H and O–H groups in total. The molecule has 0 radical (unpaired) electrons. The monoisotopic (exact) mass is 478 g/mol. The lowest BCUT2D eigenvalue weighted by Gasteiger charge is -2.50. The van der Waals surface area contributed by atoms with Gasteiger partial charge in [-0.05, 0) is 73.9 Å². The lowest BCUT2D eigenvalue weighted by molar-refractivity contribution is 0.195. The normalized spacial score (nSPS) is 23.0. The zero-order valence-electron chi connectivity index (χ0n) is 20.4. The standard InChI is InChI=1S/C32H31ClN2/c1-31-19-11-12-20-32(31,2)35(30-18-10-9-17-29(30)31)28-22-24(33)21-27(23-28)34(25-13-5-3-6-14-25)26-15-7-4-8-16-26/h3-10,13-18,21-23H,11-12,19-20H2,1-2H3. The van der Waals surface area contributed by atoms with Gasteiger partial charge in [0.25, 0.3) is 0 Å². The molecule has 3 heteroatoms. The van der Waals surface area contributed by atoms with Crippen LogP contribution in [0.2, 0.25) is 5.02 Å². The number of nitrogens with zero attached hydrogens (tertiary/aromatic N) is 2. The molecule has 1 aliphatic heterocycles. The molecule has 0 amide bonds. The largest absolute Gasteiger partial charge is 0.334 e. The van der Waals surface area contributed by atoms with Gasteiger partial charge >= 0.3 is 0 Å². The van der Waals surface area contributed by atoms with Gasteiger partial charge in [-0.3, -0.25) is 0 Å². The molecular weight excluding hydrogens is 448 g/mol. The quantitative estimate of drug-likeness (QED) is 0.288. The highest BCUT2D eigenvalue weighted by Gasteiger charge is 2.57. The van der Waals surface area contributed by atoms with Crippen molar-refractivity contribution in [1.29, 1.82) is 0 Å². The van der Waals surface area contributed by atoms with Crippen LogP contribution in [0.25, 0.3) is 0 Å². The summed E-state index contributed by atoms with van der Waals surface area (Å²) >= 11 is 6.88. The molecule has 1 aliphatic carbocycles. The summed E-state index contributed by atoms with van der Waals surface area (Å²) in [6, 6.07) is 36.6. The first kappa shape index (κ1) is 22.2. The summed E-state index contributed by atoms with van der Waals surface area (Å²) in [5.41, 5.74) is 7.35. The van der Waals surface area contributed by atoms with Gasteiger partial charge in [0.15, 0.2) is 0 Å². The second kappa shape index (κ2) is 8.46. The third-order valence-corrected chi connectivity index (χ3v) is 8.64. The second-order valence-electron chi connectivity index (χ2n) is 10.3. The van der Waals surface area contributed by atoms with Crippen LogP contribution in [0.4, 0.5) is 28.4 Å². The van der Waals surface area contributed by atoms with Crippen LogP contribution in [0.5, 0.6) is 0 Å². The molecule has 0 aromatic heterocycles. The topological polar surface area (TPSA) is 6.48 Å². The van der Waals surface area contributed by atoms with E-state index >= 15 is 0 Å². The van der Waals surface area contributed by atoms with Crippen molar-refractivity contribution in [3.8, 4) is 0 Å². The summed E-state index contributed by atoms with van der Waals surface area (Å²) in [5.74, 6) is 0. The van der Waals surface area contributed by atoms with Crippen LogP contribution in [0.1, 0.15) is 45.1 Å². The maximum Gasteiger partial charge on any atom is 0.0517 e. The summed E-state index contributed by atoms with van der Waals surface area (Å²) in [6.45, 7) is 4.93. The van der Waals surface area contributed by atoms with Crippen molar-refractivity contribution in [2.75, 3.05) is 9.80 Å². The van der Waals surface area contributed by atoms with E-state index in [9.17, 15) is 0 Å². The summed E-state index contributed by atoms with van der Waals surface area (Å²) in [5, 5.41) is 0.750. The van der Waals surface area contributed by atoms with Crippen LogP contribution in [-0.4, -0.2) is 5.54 Å². The van der Waals surface area contributed by atoms with E-state index in [1.165, 1.54) is 36.9 Å². The highest BCUT2D eigenvalue weighted by atomic mass is 35.5. The van der Waals surface area contributed by atoms with Gasteiger partial charge in [0.1, 0.15) is 0 Å². The molecular formula is C32H31ClN2. The second-order valence-corrected chi connectivity index (χ2v) is 10.8. The number of hydrogen-bond acceptors (Lipinski definition) is 2. The van der Waals surface area contributed by atoms with E-state index < -0.39 is 0 Å². The van der Waals surface area contributed by atoms with Crippen molar-refractivity contribution in [2.45, 2.75) is 50.5 Å². The Hall–Kier alpha value is -3.23. The van der Waals surface area contributed by atoms with Crippen LogP contribution >= 0.6 is 11.6 Å². The molecule has 0 bridgehead atoms. The molecule has 1 fully saturated rings. The highest BCUT2D eigenvalue weighted by Crippen LogP contribution is 2.61. The van der Waals surface area contributed by atoms with Crippen LogP contribution in [-0.2, 0) is 5.41 Å². The summed E-state index contributed by atoms with van der Waals surface area (Å²) in [6.07, 6.45) is 4.92. The van der Waals surface area contributed by atoms with Gasteiger partial charge < -0.3 is 9.80 Å². The fourth-order valence-corrected chi connectivity index (χ4v) is 6.74. The smallest absolute Gasteiger partial charge is 0.0517 e. The molecule has 35 heavy (non-hydrogen) atoms. The molecule has 2 nitrogen and oxygen atoms in total. The molecule has 4 aromatic rings. The minimum absolute atomic E-state index is 0.00120. The highest BCUT2D eigenvalue weighted by molar-refractivity contribution is 6.31. The molecule has 6 rings (SSSR count). The fourth-order valence-electron chi connectivity index (χ4n) is 6.52. The van der Waals surface area contributed by atoms with E-state index in [2.05, 4.69) is 127 Å². The number of rotatable bonds is 4. The van der Waals surface area contributed by atoms with Crippen molar-refractivity contribution < 1.29 is 0 Å². The van der Waals surface area contributed by atoms with E-state index in [-0.39, 0.29) is 11.0 Å². The lowest BCUT2D eigenvalue weighted by atomic mass is 9.61.